The third-order valence-corrected chi connectivity index (χ3v) is 3.58. The van der Waals surface area contributed by atoms with Crippen LogP contribution in [-0.4, -0.2) is 18.9 Å². The lowest BCUT2D eigenvalue weighted by Crippen LogP contribution is -2.38. The molecule has 122 valence electrons. The number of carbonyl (C=O) groups is 1. The summed E-state index contributed by atoms with van der Waals surface area (Å²) in [4.78, 5) is 14.2. The molecule has 2 rings (SSSR count). The maximum absolute atomic E-state index is 12.1. The minimum Gasteiger partial charge on any atom is -0.425 e. The molecule has 1 amide bonds. The summed E-state index contributed by atoms with van der Waals surface area (Å²) in [6.07, 6.45) is 1.35. The zero-order valence-corrected chi connectivity index (χ0v) is 13.7. The standard InChI is InChI=1S/C19H24N2O2/c1-3-4-15-21(18-13-9-6-10-14-18)16(2)23-19(22)20-17-11-7-5-8-12-17/h5-14,16H,3-4,15H2,1-2H3,(H,20,22). The van der Waals surface area contributed by atoms with Crippen molar-refractivity contribution in [2.24, 2.45) is 0 Å². The van der Waals surface area contributed by atoms with Gasteiger partial charge in [-0.3, -0.25) is 5.32 Å². The van der Waals surface area contributed by atoms with Gasteiger partial charge >= 0.3 is 6.09 Å². The van der Waals surface area contributed by atoms with Crippen LogP contribution in [0.1, 0.15) is 26.7 Å². The normalized spacial score (nSPS) is 11.6. The molecule has 0 aromatic heterocycles. The number of nitrogens with zero attached hydrogens (tertiary/aromatic N) is 1. The number of para-hydroxylation sites is 2. The van der Waals surface area contributed by atoms with E-state index >= 15 is 0 Å². The van der Waals surface area contributed by atoms with Crippen molar-refractivity contribution < 1.29 is 9.53 Å². The largest absolute Gasteiger partial charge is 0.425 e. The molecule has 0 aliphatic heterocycles. The predicted molar refractivity (Wildman–Crippen MR) is 94.7 cm³/mol. The van der Waals surface area contributed by atoms with Gasteiger partial charge in [0.2, 0.25) is 0 Å². The Morgan fingerprint density at radius 1 is 1.09 bits per heavy atom. The molecule has 0 saturated heterocycles. The second-order valence-electron chi connectivity index (χ2n) is 5.38. The average Bonchev–Trinajstić information content (AvgIpc) is 2.57. The van der Waals surface area contributed by atoms with Gasteiger partial charge in [-0.15, -0.1) is 0 Å². The summed E-state index contributed by atoms with van der Waals surface area (Å²) in [5, 5.41) is 2.75. The van der Waals surface area contributed by atoms with Crippen molar-refractivity contribution in [1.29, 1.82) is 0 Å². The second kappa shape index (κ2) is 8.83. The van der Waals surface area contributed by atoms with Gasteiger partial charge in [-0.05, 0) is 37.6 Å². The van der Waals surface area contributed by atoms with Crippen LogP contribution in [-0.2, 0) is 4.74 Å². The fraction of sp³-hybridized carbons (Fsp3) is 0.316. The molecule has 1 N–H and O–H groups in total. The number of nitrogens with one attached hydrogen (secondary N) is 1. The summed E-state index contributed by atoms with van der Waals surface area (Å²) in [5.74, 6) is 0. The van der Waals surface area contributed by atoms with Gasteiger partial charge in [0.05, 0.1) is 0 Å². The first-order valence-corrected chi connectivity index (χ1v) is 8.05. The monoisotopic (exact) mass is 312 g/mol. The van der Waals surface area contributed by atoms with E-state index in [0.29, 0.717) is 0 Å². The number of anilines is 2. The Bertz CT molecular complexity index is 587. The average molecular weight is 312 g/mol. The van der Waals surface area contributed by atoms with Crippen LogP contribution < -0.4 is 10.2 Å². The maximum Gasteiger partial charge on any atom is 0.413 e. The van der Waals surface area contributed by atoms with Gasteiger partial charge in [0, 0.05) is 17.9 Å². The lowest BCUT2D eigenvalue weighted by atomic mass is 10.2. The van der Waals surface area contributed by atoms with E-state index in [-0.39, 0.29) is 6.23 Å². The van der Waals surface area contributed by atoms with Crippen molar-refractivity contribution in [3.8, 4) is 0 Å². The van der Waals surface area contributed by atoms with E-state index in [9.17, 15) is 4.79 Å². The third kappa shape index (κ3) is 5.33. The number of hydrogen-bond donors (Lipinski definition) is 1. The summed E-state index contributed by atoms with van der Waals surface area (Å²) in [6, 6.07) is 19.3. The molecule has 4 nitrogen and oxygen atoms in total. The molecule has 0 fully saturated rings. The number of benzene rings is 2. The highest BCUT2D eigenvalue weighted by atomic mass is 16.6. The highest BCUT2D eigenvalue weighted by Crippen LogP contribution is 2.18. The predicted octanol–water partition coefficient (Wildman–Crippen LogP) is 4.89. The van der Waals surface area contributed by atoms with Crippen molar-refractivity contribution >= 4 is 17.5 Å². The van der Waals surface area contributed by atoms with E-state index in [2.05, 4.69) is 17.1 Å². The summed E-state index contributed by atoms with van der Waals surface area (Å²) in [7, 11) is 0. The van der Waals surface area contributed by atoms with Crippen LogP contribution in [0, 0.1) is 0 Å². The first-order valence-electron chi connectivity index (χ1n) is 8.05. The van der Waals surface area contributed by atoms with Crippen molar-refractivity contribution in [1.82, 2.24) is 0 Å². The molecule has 1 atom stereocenters. The van der Waals surface area contributed by atoms with E-state index in [1.54, 1.807) is 0 Å². The summed E-state index contributed by atoms with van der Waals surface area (Å²) in [6.45, 7) is 4.89. The van der Waals surface area contributed by atoms with Crippen LogP contribution >= 0.6 is 0 Å². The molecule has 4 heteroatoms. The number of carbonyl (C=O) groups excluding carboxylic acids is 1. The topological polar surface area (TPSA) is 41.6 Å². The smallest absolute Gasteiger partial charge is 0.413 e. The van der Waals surface area contributed by atoms with Crippen LogP contribution in [0.4, 0.5) is 16.2 Å². The summed E-state index contributed by atoms with van der Waals surface area (Å²) in [5.41, 5.74) is 1.78. The Morgan fingerprint density at radius 3 is 2.30 bits per heavy atom. The van der Waals surface area contributed by atoms with Gasteiger partial charge in [0.25, 0.3) is 0 Å². The Kier molecular flexibility index (Phi) is 6.48. The number of unbranched alkanes of at least 4 members (excludes halogenated alkanes) is 1. The van der Waals surface area contributed by atoms with Crippen molar-refractivity contribution in [2.45, 2.75) is 32.9 Å². The third-order valence-electron chi connectivity index (χ3n) is 3.58. The molecule has 0 aliphatic carbocycles. The Balaban J connectivity index is 1.99. The van der Waals surface area contributed by atoms with E-state index in [4.69, 9.17) is 4.74 Å². The van der Waals surface area contributed by atoms with Gasteiger partial charge in [0.1, 0.15) is 0 Å². The van der Waals surface area contributed by atoms with Crippen LogP contribution in [0.2, 0.25) is 0 Å². The first-order chi connectivity index (χ1) is 11.2. The molecule has 0 heterocycles. The summed E-state index contributed by atoms with van der Waals surface area (Å²) >= 11 is 0. The van der Waals surface area contributed by atoms with Crippen LogP contribution in [0.5, 0.6) is 0 Å². The first kappa shape index (κ1) is 16.9. The SMILES string of the molecule is CCCCN(c1ccccc1)C(C)OC(=O)Nc1ccccc1. The number of rotatable bonds is 7. The summed E-state index contributed by atoms with van der Waals surface area (Å²) < 4.78 is 5.54. The van der Waals surface area contributed by atoms with Gasteiger partial charge in [-0.25, -0.2) is 4.79 Å². The van der Waals surface area contributed by atoms with E-state index in [1.165, 1.54) is 0 Å². The minimum absolute atomic E-state index is 0.340. The molecule has 0 radical (unpaired) electrons. The second-order valence-corrected chi connectivity index (χ2v) is 5.38. The Hall–Kier alpha value is -2.49. The van der Waals surface area contributed by atoms with Crippen molar-refractivity contribution in [3.63, 3.8) is 0 Å². The minimum atomic E-state index is -0.443. The maximum atomic E-state index is 12.1. The fourth-order valence-corrected chi connectivity index (χ4v) is 2.36. The van der Waals surface area contributed by atoms with Crippen LogP contribution in [0.15, 0.2) is 60.7 Å². The van der Waals surface area contributed by atoms with Gasteiger partial charge in [-0.2, -0.15) is 0 Å². The molecule has 0 saturated carbocycles. The van der Waals surface area contributed by atoms with Crippen molar-refractivity contribution in [3.05, 3.63) is 60.7 Å². The molecule has 0 aliphatic rings. The zero-order valence-electron chi connectivity index (χ0n) is 13.7. The lowest BCUT2D eigenvalue weighted by molar-refractivity contribution is 0.117. The fourth-order valence-electron chi connectivity index (χ4n) is 2.36. The number of amides is 1. The van der Waals surface area contributed by atoms with Gasteiger partial charge < -0.3 is 9.64 Å². The van der Waals surface area contributed by atoms with Crippen LogP contribution in [0.3, 0.4) is 0 Å². The van der Waals surface area contributed by atoms with E-state index < -0.39 is 6.09 Å². The molecule has 1 unspecified atom stereocenters. The number of ether oxygens (including phenoxy) is 1. The highest BCUT2D eigenvalue weighted by molar-refractivity contribution is 5.84. The molecule has 2 aromatic rings. The van der Waals surface area contributed by atoms with Gasteiger partial charge in [-0.1, -0.05) is 49.7 Å². The quantitative estimate of drug-likeness (QED) is 0.740. The van der Waals surface area contributed by atoms with Gasteiger partial charge in [0.15, 0.2) is 6.23 Å². The molecular weight excluding hydrogens is 288 g/mol. The highest BCUT2D eigenvalue weighted by Gasteiger charge is 2.18. The lowest BCUT2D eigenvalue weighted by Gasteiger charge is -2.30. The van der Waals surface area contributed by atoms with Crippen molar-refractivity contribution in [2.75, 3.05) is 16.8 Å². The zero-order chi connectivity index (χ0) is 16.5. The molecule has 23 heavy (non-hydrogen) atoms. The van der Waals surface area contributed by atoms with E-state index in [0.717, 1.165) is 30.8 Å². The molecule has 2 aromatic carbocycles. The molecule has 0 spiro atoms. The Labute approximate surface area is 138 Å². The number of hydrogen-bond acceptors (Lipinski definition) is 3. The van der Waals surface area contributed by atoms with Crippen LogP contribution in [0.25, 0.3) is 0 Å². The molecular formula is C19H24N2O2. The Morgan fingerprint density at radius 2 is 1.70 bits per heavy atom. The van der Waals surface area contributed by atoms with E-state index in [1.807, 2.05) is 67.6 Å². The molecule has 0 bridgehead atoms.